The monoisotopic (exact) mass is 233 g/mol. The molecule has 1 N–H and O–H groups in total. The van der Waals surface area contributed by atoms with Gasteiger partial charge in [-0.1, -0.05) is 19.9 Å². The van der Waals surface area contributed by atoms with E-state index in [1.54, 1.807) is 0 Å². The van der Waals surface area contributed by atoms with Crippen LogP contribution in [0.2, 0.25) is 0 Å². The Bertz CT molecular complexity index is 354. The summed E-state index contributed by atoms with van der Waals surface area (Å²) in [6, 6.07) is 6.32. The van der Waals surface area contributed by atoms with Crippen molar-refractivity contribution in [2.45, 2.75) is 26.8 Å². The van der Waals surface area contributed by atoms with Crippen LogP contribution in [0.25, 0.3) is 0 Å². The molecule has 1 aromatic heterocycles. The molecule has 1 aliphatic rings. The maximum absolute atomic E-state index is 4.72. The molecule has 0 radical (unpaired) electrons. The predicted octanol–water partition coefficient (Wildman–Crippen LogP) is 2.28. The lowest BCUT2D eigenvalue weighted by Crippen LogP contribution is -2.39. The summed E-state index contributed by atoms with van der Waals surface area (Å²) in [5, 5.41) is 3.15. The molecule has 0 saturated carbocycles. The van der Waals surface area contributed by atoms with Gasteiger partial charge in [0.05, 0.1) is 5.69 Å². The van der Waals surface area contributed by atoms with E-state index in [9.17, 15) is 0 Å². The summed E-state index contributed by atoms with van der Waals surface area (Å²) in [5.74, 6) is 2.68. The lowest BCUT2D eigenvalue weighted by atomic mass is 9.92. The van der Waals surface area contributed by atoms with Crippen LogP contribution in [0.3, 0.4) is 0 Å². The Morgan fingerprint density at radius 1 is 1.29 bits per heavy atom. The number of nitrogens with one attached hydrogen (secondary N) is 1. The Kier molecular flexibility index (Phi) is 4.00. The van der Waals surface area contributed by atoms with Gasteiger partial charge in [0, 0.05) is 19.6 Å². The Labute approximate surface area is 104 Å². The van der Waals surface area contributed by atoms with Crippen molar-refractivity contribution >= 4 is 5.82 Å². The third kappa shape index (κ3) is 3.19. The van der Waals surface area contributed by atoms with Gasteiger partial charge in [0.15, 0.2) is 0 Å². The molecule has 3 nitrogen and oxygen atoms in total. The Balaban J connectivity index is 2.12. The summed E-state index contributed by atoms with van der Waals surface area (Å²) >= 11 is 0. The molecule has 0 spiro atoms. The van der Waals surface area contributed by atoms with Crippen LogP contribution < -0.4 is 10.2 Å². The summed E-state index contributed by atoms with van der Waals surface area (Å²) in [7, 11) is 1.96. The van der Waals surface area contributed by atoms with E-state index in [1.807, 2.05) is 7.05 Å². The molecule has 0 bridgehead atoms. The van der Waals surface area contributed by atoms with E-state index in [0.717, 1.165) is 43.0 Å². The molecule has 94 valence electrons. The van der Waals surface area contributed by atoms with Crippen molar-refractivity contribution in [3.63, 3.8) is 0 Å². The zero-order valence-electron chi connectivity index (χ0n) is 11.1. The molecule has 0 amide bonds. The van der Waals surface area contributed by atoms with Crippen LogP contribution in [0.4, 0.5) is 5.82 Å². The predicted molar refractivity (Wildman–Crippen MR) is 72.2 cm³/mol. The van der Waals surface area contributed by atoms with Crippen LogP contribution in [0.15, 0.2) is 18.2 Å². The maximum Gasteiger partial charge on any atom is 0.128 e. The van der Waals surface area contributed by atoms with Crippen molar-refractivity contribution in [3.8, 4) is 0 Å². The number of nitrogens with zero attached hydrogens (tertiary/aromatic N) is 2. The minimum Gasteiger partial charge on any atom is -0.356 e. The van der Waals surface area contributed by atoms with Crippen molar-refractivity contribution < 1.29 is 0 Å². The van der Waals surface area contributed by atoms with Crippen molar-refractivity contribution in [1.29, 1.82) is 0 Å². The number of rotatable bonds is 3. The average Bonchev–Trinajstić information content (AvgIpc) is 2.28. The number of anilines is 1. The quantitative estimate of drug-likeness (QED) is 0.868. The molecule has 3 heteroatoms. The van der Waals surface area contributed by atoms with Gasteiger partial charge >= 0.3 is 0 Å². The molecular weight excluding hydrogens is 210 g/mol. The first kappa shape index (κ1) is 12.4. The summed E-state index contributed by atoms with van der Waals surface area (Å²) in [5.41, 5.74) is 1.12. The summed E-state index contributed by atoms with van der Waals surface area (Å²) in [6.07, 6.45) is 1.34. The van der Waals surface area contributed by atoms with E-state index < -0.39 is 0 Å². The van der Waals surface area contributed by atoms with E-state index in [-0.39, 0.29) is 0 Å². The van der Waals surface area contributed by atoms with Crippen LogP contribution in [0.1, 0.15) is 26.0 Å². The van der Waals surface area contributed by atoms with Crippen molar-refractivity contribution in [2.75, 3.05) is 25.0 Å². The van der Waals surface area contributed by atoms with Gasteiger partial charge in [-0.3, -0.25) is 0 Å². The third-order valence-corrected chi connectivity index (χ3v) is 3.34. The van der Waals surface area contributed by atoms with Crippen molar-refractivity contribution in [2.24, 2.45) is 11.8 Å². The summed E-state index contributed by atoms with van der Waals surface area (Å²) in [6.45, 7) is 7.79. The van der Waals surface area contributed by atoms with Gasteiger partial charge in [-0.2, -0.15) is 0 Å². The highest BCUT2D eigenvalue weighted by molar-refractivity contribution is 5.40. The topological polar surface area (TPSA) is 28.2 Å². The zero-order chi connectivity index (χ0) is 12.3. The maximum atomic E-state index is 4.72. The van der Waals surface area contributed by atoms with Gasteiger partial charge < -0.3 is 10.2 Å². The van der Waals surface area contributed by atoms with Gasteiger partial charge in [0.25, 0.3) is 0 Å². The first-order valence-corrected chi connectivity index (χ1v) is 6.54. The highest BCUT2D eigenvalue weighted by atomic mass is 15.2. The number of piperidine rings is 1. The second-order valence-corrected chi connectivity index (χ2v) is 5.37. The van der Waals surface area contributed by atoms with E-state index in [4.69, 9.17) is 4.98 Å². The van der Waals surface area contributed by atoms with Crippen LogP contribution in [-0.4, -0.2) is 25.1 Å². The first-order chi connectivity index (χ1) is 8.19. The number of pyridine rings is 1. The first-order valence-electron chi connectivity index (χ1n) is 6.54. The molecule has 17 heavy (non-hydrogen) atoms. The molecule has 1 aromatic rings. The standard InChI is InChI=1S/C14H23N3/c1-11-7-12(2)10-17(9-11)14-6-4-5-13(16-14)8-15-3/h4-6,11-12,15H,7-10H2,1-3H3. The highest BCUT2D eigenvalue weighted by Crippen LogP contribution is 2.24. The summed E-state index contributed by atoms with van der Waals surface area (Å²) < 4.78 is 0. The van der Waals surface area contributed by atoms with Gasteiger partial charge in [0.1, 0.15) is 5.82 Å². The number of hydrogen-bond acceptors (Lipinski definition) is 3. The number of aromatic nitrogens is 1. The zero-order valence-corrected chi connectivity index (χ0v) is 11.1. The smallest absolute Gasteiger partial charge is 0.128 e. The fourth-order valence-electron chi connectivity index (χ4n) is 2.77. The largest absolute Gasteiger partial charge is 0.356 e. The van der Waals surface area contributed by atoms with E-state index >= 15 is 0 Å². The van der Waals surface area contributed by atoms with Crippen molar-refractivity contribution in [3.05, 3.63) is 23.9 Å². The van der Waals surface area contributed by atoms with Gasteiger partial charge in [0.2, 0.25) is 0 Å². The molecule has 2 unspecified atom stereocenters. The van der Waals surface area contributed by atoms with E-state index in [0.29, 0.717) is 0 Å². The fourth-order valence-corrected chi connectivity index (χ4v) is 2.77. The average molecular weight is 233 g/mol. The summed E-state index contributed by atoms with van der Waals surface area (Å²) in [4.78, 5) is 7.15. The van der Waals surface area contributed by atoms with Crippen LogP contribution in [0.5, 0.6) is 0 Å². The molecule has 1 fully saturated rings. The second kappa shape index (κ2) is 5.50. The Hall–Kier alpha value is -1.09. The highest BCUT2D eigenvalue weighted by Gasteiger charge is 2.22. The van der Waals surface area contributed by atoms with Gasteiger partial charge in [-0.15, -0.1) is 0 Å². The SMILES string of the molecule is CNCc1cccc(N2CC(C)CC(C)C2)n1. The molecule has 2 rings (SSSR count). The molecular formula is C14H23N3. The normalized spacial score (nSPS) is 25.0. The van der Waals surface area contributed by atoms with Crippen LogP contribution >= 0.6 is 0 Å². The minimum atomic E-state index is 0.772. The molecule has 2 atom stereocenters. The lowest BCUT2D eigenvalue weighted by Gasteiger charge is -2.35. The van der Waals surface area contributed by atoms with Crippen LogP contribution in [0, 0.1) is 11.8 Å². The molecule has 0 aromatic carbocycles. The minimum absolute atomic E-state index is 0.772. The molecule has 0 aliphatic carbocycles. The van der Waals surface area contributed by atoms with E-state index in [1.165, 1.54) is 6.42 Å². The van der Waals surface area contributed by atoms with Crippen LogP contribution in [-0.2, 0) is 6.54 Å². The van der Waals surface area contributed by atoms with Gasteiger partial charge in [-0.25, -0.2) is 4.98 Å². The third-order valence-electron chi connectivity index (χ3n) is 3.34. The second-order valence-electron chi connectivity index (χ2n) is 5.37. The molecule has 2 heterocycles. The van der Waals surface area contributed by atoms with Gasteiger partial charge in [-0.05, 0) is 37.4 Å². The molecule has 1 aliphatic heterocycles. The fraction of sp³-hybridized carbons (Fsp3) is 0.643. The Morgan fingerprint density at radius 3 is 2.65 bits per heavy atom. The van der Waals surface area contributed by atoms with Crippen molar-refractivity contribution in [1.82, 2.24) is 10.3 Å². The number of hydrogen-bond donors (Lipinski definition) is 1. The van der Waals surface area contributed by atoms with E-state index in [2.05, 4.69) is 42.3 Å². The Morgan fingerprint density at radius 2 is 2.00 bits per heavy atom. The lowest BCUT2D eigenvalue weighted by molar-refractivity contribution is 0.355. The molecule has 1 saturated heterocycles.